The minimum absolute atomic E-state index is 0. The van der Waals surface area contributed by atoms with Crippen molar-refractivity contribution in [2.24, 2.45) is 5.73 Å². The zero-order chi connectivity index (χ0) is 16.9. The first-order chi connectivity index (χ1) is 11.6. The average molecular weight is 397 g/mol. The van der Waals surface area contributed by atoms with Crippen LogP contribution in [0.25, 0.3) is 0 Å². The lowest BCUT2D eigenvalue weighted by molar-refractivity contribution is -0.129. The second-order valence-corrected chi connectivity index (χ2v) is 7.64. The molecule has 2 aromatic rings. The Bertz CT molecular complexity index is 682. The van der Waals surface area contributed by atoms with Crippen LogP contribution in [0.4, 0.5) is 0 Å². The van der Waals surface area contributed by atoms with Crippen molar-refractivity contribution < 1.29 is 4.79 Å². The SMILES string of the molecule is Cl.N[C@@H]1CN(C(=O)CCSc2ccc(Cl)cc2)C[C@H]1c1ccccc1. The number of nitrogens with two attached hydrogens (primary N) is 1. The summed E-state index contributed by atoms with van der Waals surface area (Å²) in [4.78, 5) is 15.5. The summed E-state index contributed by atoms with van der Waals surface area (Å²) in [6.07, 6.45) is 0.529. The van der Waals surface area contributed by atoms with E-state index in [-0.39, 0.29) is 30.3 Å². The van der Waals surface area contributed by atoms with E-state index in [1.165, 1.54) is 5.56 Å². The Morgan fingerprint density at radius 2 is 1.80 bits per heavy atom. The molecular formula is C19H22Cl2N2OS. The second kappa shape index (κ2) is 9.48. The van der Waals surface area contributed by atoms with Gasteiger partial charge in [-0.05, 0) is 29.8 Å². The van der Waals surface area contributed by atoms with E-state index in [9.17, 15) is 4.79 Å². The molecule has 0 radical (unpaired) electrons. The number of hydrogen-bond acceptors (Lipinski definition) is 3. The van der Waals surface area contributed by atoms with Crippen molar-refractivity contribution in [2.45, 2.75) is 23.3 Å². The summed E-state index contributed by atoms with van der Waals surface area (Å²) in [5, 5.41) is 0.730. The van der Waals surface area contributed by atoms with E-state index in [0.29, 0.717) is 13.0 Å². The molecule has 0 aliphatic carbocycles. The smallest absolute Gasteiger partial charge is 0.223 e. The van der Waals surface area contributed by atoms with Crippen LogP contribution >= 0.6 is 35.8 Å². The molecule has 2 aromatic carbocycles. The molecule has 134 valence electrons. The number of carbonyl (C=O) groups is 1. The van der Waals surface area contributed by atoms with E-state index >= 15 is 0 Å². The maximum atomic E-state index is 12.4. The molecular weight excluding hydrogens is 375 g/mol. The van der Waals surface area contributed by atoms with Gasteiger partial charge >= 0.3 is 0 Å². The van der Waals surface area contributed by atoms with Gasteiger partial charge in [0.05, 0.1) is 0 Å². The van der Waals surface area contributed by atoms with Gasteiger partial charge in [0.2, 0.25) is 5.91 Å². The summed E-state index contributed by atoms with van der Waals surface area (Å²) in [7, 11) is 0. The van der Waals surface area contributed by atoms with Crippen molar-refractivity contribution in [2.75, 3.05) is 18.8 Å². The van der Waals surface area contributed by atoms with Gasteiger partial charge in [-0.25, -0.2) is 0 Å². The Balaban J connectivity index is 0.00000225. The number of rotatable bonds is 5. The Morgan fingerprint density at radius 3 is 2.48 bits per heavy atom. The quantitative estimate of drug-likeness (QED) is 0.770. The van der Waals surface area contributed by atoms with Crippen LogP contribution in [0.3, 0.4) is 0 Å². The maximum absolute atomic E-state index is 12.4. The highest BCUT2D eigenvalue weighted by Gasteiger charge is 2.33. The highest BCUT2D eigenvalue weighted by molar-refractivity contribution is 7.99. The van der Waals surface area contributed by atoms with Gasteiger partial charge in [-0.1, -0.05) is 41.9 Å². The van der Waals surface area contributed by atoms with Gasteiger partial charge in [0.25, 0.3) is 0 Å². The largest absolute Gasteiger partial charge is 0.340 e. The van der Waals surface area contributed by atoms with Gasteiger partial charge < -0.3 is 10.6 Å². The second-order valence-electron chi connectivity index (χ2n) is 6.03. The Hall–Kier alpha value is -1.20. The summed E-state index contributed by atoms with van der Waals surface area (Å²) in [5.74, 6) is 1.19. The number of nitrogens with zero attached hydrogens (tertiary/aromatic N) is 1. The van der Waals surface area contributed by atoms with E-state index < -0.39 is 0 Å². The first-order valence-electron chi connectivity index (χ1n) is 8.10. The topological polar surface area (TPSA) is 46.3 Å². The average Bonchev–Trinajstić information content (AvgIpc) is 2.99. The van der Waals surface area contributed by atoms with E-state index in [0.717, 1.165) is 22.2 Å². The van der Waals surface area contributed by atoms with Crippen LogP contribution < -0.4 is 5.73 Å². The molecule has 3 rings (SSSR count). The normalized spacial score (nSPS) is 19.5. The predicted molar refractivity (Wildman–Crippen MR) is 108 cm³/mol. The molecule has 0 bridgehead atoms. The van der Waals surface area contributed by atoms with Crippen molar-refractivity contribution >= 4 is 41.7 Å². The van der Waals surface area contributed by atoms with E-state index in [1.54, 1.807) is 11.8 Å². The third kappa shape index (κ3) is 5.38. The van der Waals surface area contributed by atoms with Crippen molar-refractivity contribution in [1.82, 2.24) is 4.90 Å². The number of amides is 1. The summed E-state index contributed by atoms with van der Waals surface area (Å²) in [5.41, 5.74) is 7.48. The minimum atomic E-state index is 0. The molecule has 1 amide bonds. The van der Waals surface area contributed by atoms with Gasteiger partial charge in [0.15, 0.2) is 0 Å². The lowest BCUT2D eigenvalue weighted by Crippen LogP contribution is -2.32. The standard InChI is InChI=1S/C19H21ClN2OS.ClH/c20-15-6-8-16(9-7-15)24-11-10-19(23)22-12-17(18(21)13-22)14-4-2-1-3-5-14;/h1-9,17-18H,10-13,21H2;1H/t17-,18+;/m0./s1. The predicted octanol–water partition coefficient (Wildman–Crippen LogP) is 4.20. The van der Waals surface area contributed by atoms with Crippen LogP contribution in [0, 0.1) is 0 Å². The summed E-state index contributed by atoms with van der Waals surface area (Å²) in [6.45, 7) is 1.36. The molecule has 0 saturated carbocycles. The van der Waals surface area contributed by atoms with E-state index in [1.807, 2.05) is 47.4 Å². The molecule has 2 atom stereocenters. The van der Waals surface area contributed by atoms with Crippen LogP contribution in [0.15, 0.2) is 59.5 Å². The maximum Gasteiger partial charge on any atom is 0.223 e. The molecule has 1 fully saturated rings. The van der Waals surface area contributed by atoms with Gasteiger partial charge in [-0.2, -0.15) is 0 Å². The number of halogens is 2. The number of hydrogen-bond donors (Lipinski definition) is 1. The monoisotopic (exact) mass is 396 g/mol. The van der Waals surface area contributed by atoms with Crippen molar-refractivity contribution in [3.63, 3.8) is 0 Å². The first-order valence-corrected chi connectivity index (χ1v) is 9.46. The molecule has 1 heterocycles. The molecule has 1 aliphatic rings. The van der Waals surface area contributed by atoms with Crippen LogP contribution in [-0.2, 0) is 4.79 Å². The van der Waals surface area contributed by atoms with E-state index in [2.05, 4.69) is 12.1 Å². The fourth-order valence-electron chi connectivity index (χ4n) is 3.03. The molecule has 1 aliphatic heterocycles. The zero-order valence-electron chi connectivity index (χ0n) is 13.8. The Labute approximate surface area is 164 Å². The Morgan fingerprint density at radius 1 is 1.12 bits per heavy atom. The molecule has 6 heteroatoms. The van der Waals surface area contributed by atoms with Gasteiger partial charge in [0.1, 0.15) is 0 Å². The lowest BCUT2D eigenvalue weighted by Gasteiger charge is -2.16. The van der Waals surface area contributed by atoms with E-state index in [4.69, 9.17) is 17.3 Å². The minimum Gasteiger partial charge on any atom is -0.340 e. The molecule has 2 N–H and O–H groups in total. The highest BCUT2D eigenvalue weighted by Crippen LogP contribution is 2.27. The molecule has 3 nitrogen and oxygen atoms in total. The van der Waals surface area contributed by atoms with Crippen molar-refractivity contribution in [3.8, 4) is 0 Å². The van der Waals surface area contributed by atoms with Gasteiger partial charge in [-0.3, -0.25) is 4.79 Å². The molecule has 1 saturated heterocycles. The summed E-state index contributed by atoms with van der Waals surface area (Å²) < 4.78 is 0. The fraction of sp³-hybridized carbons (Fsp3) is 0.316. The van der Waals surface area contributed by atoms with Crippen molar-refractivity contribution in [3.05, 3.63) is 65.2 Å². The third-order valence-corrected chi connectivity index (χ3v) is 5.61. The molecule has 0 unspecified atom stereocenters. The van der Waals surface area contributed by atoms with Crippen LogP contribution in [-0.4, -0.2) is 35.7 Å². The number of likely N-dealkylation sites (tertiary alicyclic amines) is 1. The number of carbonyl (C=O) groups excluding carboxylic acids is 1. The van der Waals surface area contributed by atoms with Gasteiger partial charge in [0, 0.05) is 47.1 Å². The van der Waals surface area contributed by atoms with Crippen LogP contribution in [0.1, 0.15) is 17.9 Å². The summed E-state index contributed by atoms with van der Waals surface area (Å²) in [6, 6.07) is 17.9. The van der Waals surface area contributed by atoms with Gasteiger partial charge in [-0.15, -0.1) is 24.2 Å². The Kier molecular flexibility index (Phi) is 7.63. The molecule has 0 aromatic heterocycles. The van der Waals surface area contributed by atoms with Crippen LogP contribution in [0.5, 0.6) is 0 Å². The first kappa shape index (κ1) is 20.1. The van der Waals surface area contributed by atoms with Crippen molar-refractivity contribution in [1.29, 1.82) is 0 Å². The number of thioether (sulfide) groups is 1. The molecule has 25 heavy (non-hydrogen) atoms. The highest BCUT2D eigenvalue weighted by atomic mass is 35.5. The zero-order valence-corrected chi connectivity index (χ0v) is 16.2. The number of benzene rings is 2. The molecule has 0 spiro atoms. The third-order valence-electron chi connectivity index (χ3n) is 4.34. The van der Waals surface area contributed by atoms with Crippen LogP contribution in [0.2, 0.25) is 5.02 Å². The lowest BCUT2D eigenvalue weighted by atomic mass is 9.95. The summed E-state index contributed by atoms with van der Waals surface area (Å²) >= 11 is 7.56. The fourth-order valence-corrected chi connectivity index (χ4v) is 4.00.